The summed E-state index contributed by atoms with van der Waals surface area (Å²) in [5, 5.41) is 6.85. The SMILES string of the molecule is CC(Nc1c(Cl)cccc1C(F)(F)F)c1ccnn1C. The van der Waals surface area contributed by atoms with Gasteiger partial charge in [0, 0.05) is 13.2 Å². The van der Waals surface area contributed by atoms with Crippen molar-refractivity contribution in [1.82, 2.24) is 9.78 Å². The Balaban J connectivity index is 2.36. The molecule has 1 aromatic carbocycles. The first-order valence-electron chi connectivity index (χ1n) is 5.91. The fourth-order valence-electron chi connectivity index (χ4n) is 2.01. The Morgan fingerprint density at radius 2 is 2.00 bits per heavy atom. The van der Waals surface area contributed by atoms with Gasteiger partial charge in [0.25, 0.3) is 0 Å². The average Bonchev–Trinajstić information content (AvgIpc) is 2.76. The van der Waals surface area contributed by atoms with E-state index in [0.717, 1.165) is 11.8 Å². The van der Waals surface area contributed by atoms with Gasteiger partial charge >= 0.3 is 6.18 Å². The minimum absolute atomic E-state index is 0.0360. The molecular weight excluding hydrogens is 291 g/mol. The van der Waals surface area contributed by atoms with Crippen LogP contribution in [-0.4, -0.2) is 9.78 Å². The molecule has 0 radical (unpaired) electrons. The van der Waals surface area contributed by atoms with Crippen LogP contribution in [0.2, 0.25) is 5.02 Å². The van der Waals surface area contributed by atoms with Crippen LogP contribution in [0.5, 0.6) is 0 Å². The molecule has 7 heteroatoms. The number of hydrogen-bond donors (Lipinski definition) is 1. The number of halogens is 4. The van der Waals surface area contributed by atoms with Gasteiger partial charge in [-0.2, -0.15) is 18.3 Å². The summed E-state index contributed by atoms with van der Waals surface area (Å²) in [5.74, 6) is 0. The Morgan fingerprint density at radius 3 is 2.55 bits per heavy atom. The summed E-state index contributed by atoms with van der Waals surface area (Å²) in [4.78, 5) is 0. The Kier molecular flexibility index (Phi) is 3.94. The molecule has 0 bridgehead atoms. The van der Waals surface area contributed by atoms with Crippen LogP contribution < -0.4 is 5.32 Å². The lowest BCUT2D eigenvalue weighted by Crippen LogP contribution is -2.16. The monoisotopic (exact) mass is 303 g/mol. The minimum atomic E-state index is -4.46. The maximum absolute atomic E-state index is 13.0. The largest absolute Gasteiger partial charge is 0.418 e. The number of rotatable bonds is 3. The second-order valence-corrected chi connectivity index (χ2v) is 4.81. The molecule has 0 fully saturated rings. The fourth-order valence-corrected chi connectivity index (χ4v) is 2.24. The van der Waals surface area contributed by atoms with Crippen molar-refractivity contribution in [2.45, 2.75) is 19.1 Å². The summed E-state index contributed by atoms with van der Waals surface area (Å²) in [7, 11) is 1.73. The van der Waals surface area contributed by atoms with Crippen molar-refractivity contribution >= 4 is 17.3 Å². The molecule has 3 nitrogen and oxygen atoms in total. The molecule has 1 atom stereocenters. The molecule has 0 amide bonds. The third-order valence-corrected chi connectivity index (χ3v) is 3.30. The van der Waals surface area contributed by atoms with Crippen molar-refractivity contribution in [3.63, 3.8) is 0 Å². The maximum atomic E-state index is 13.0. The van der Waals surface area contributed by atoms with Gasteiger partial charge in [-0.3, -0.25) is 4.68 Å². The van der Waals surface area contributed by atoms with E-state index in [0.29, 0.717) is 0 Å². The number of alkyl halides is 3. The Bertz CT molecular complexity index is 607. The van der Waals surface area contributed by atoms with Gasteiger partial charge in [-0.15, -0.1) is 0 Å². The van der Waals surface area contributed by atoms with Gasteiger partial charge in [-0.25, -0.2) is 0 Å². The van der Waals surface area contributed by atoms with E-state index < -0.39 is 11.7 Å². The predicted molar refractivity (Wildman–Crippen MR) is 71.7 cm³/mol. The highest BCUT2D eigenvalue weighted by Gasteiger charge is 2.34. The first-order chi connectivity index (χ1) is 9.30. The second-order valence-electron chi connectivity index (χ2n) is 4.41. The molecule has 1 unspecified atom stereocenters. The molecule has 108 valence electrons. The smallest absolute Gasteiger partial charge is 0.375 e. The van der Waals surface area contributed by atoms with Crippen LogP contribution in [0, 0.1) is 0 Å². The summed E-state index contributed by atoms with van der Waals surface area (Å²) < 4.78 is 40.6. The molecule has 1 heterocycles. The van der Waals surface area contributed by atoms with Crippen LogP contribution in [0.1, 0.15) is 24.2 Å². The van der Waals surface area contributed by atoms with Gasteiger partial charge in [-0.05, 0) is 25.1 Å². The lowest BCUT2D eigenvalue weighted by atomic mass is 10.1. The lowest BCUT2D eigenvalue weighted by molar-refractivity contribution is -0.137. The van der Waals surface area contributed by atoms with Crippen LogP contribution in [0.25, 0.3) is 0 Å². The first-order valence-corrected chi connectivity index (χ1v) is 6.28. The lowest BCUT2D eigenvalue weighted by Gasteiger charge is -2.20. The van der Waals surface area contributed by atoms with E-state index in [1.54, 1.807) is 30.9 Å². The van der Waals surface area contributed by atoms with E-state index in [2.05, 4.69) is 10.4 Å². The summed E-state index contributed by atoms with van der Waals surface area (Å²) in [6.45, 7) is 1.75. The molecule has 0 aliphatic carbocycles. The Morgan fingerprint density at radius 1 is 1.30 bits per heavy atom. The van der Waals surface area contributed by atoms with Crippen molar-refractivity contribution in [2.24, 2.45) is 7.05 Å². The average molecular weight is 304 g/mol. The molecule has 0 aliphatic rings. The van der Waals surface area contributed by atoms with E-state index in [9.17, 15) is 13.2 Å². The highest BCUT2D eigenvalue weighted by molar-refractivity contribution is 6.33. The zero-order valence-corrected chi connectivity index (χ0v) is 11.6. The number of nitrogens with one attached hydrogen (secondary N) is 1. The summed E-state index contributed by atoms with van der Waals surface area (Å²) >= 11 is 5.90. The Labute approximate surface area is 119 Å². The van der Waals surface area contributed by atoms with Gasteiger partial charge in [0.1, 0.15) is 0 Å². The summed E-state index contributed by atoms with van der Waals surface area (Å²) in [6.07, 6.45) is -2.87. The molecule has 0 saturated heterocycles. The van der Waals surface area contributed by atoms with E-state index in [4.69, 9.17) is 11.6 Å². The molecule has 1 aromatic heterocycles. The molecule has 0 saturated carbocycles. The van der Waals surface area contributed by atoms with Crippen LogP contribution in [-0.2, 0) is 13.2 Å². The van der Waals surface area contributed by atoms with Crippen LogP contribution >= 0.6 is 11.6 Å². The van der Waals surface area contributed by atoms with Crippen molar-refractivity contribution in [3.05, 3.63) is 46.7 Å². The highest BCUT2D eigenvalue weighted by atomic mass is 35.5. The number of hydrogen-bond acceptors (Lipinski definition) is 2. The third-order valence-electron chi connectivity index (χ3n) is 2.98. The highest BCUT2D eigenvalue weighted by Crippen LogP contribution is 2.39. The normalized spacial score (nSPS) is 13.3. The third kappa shape index (κ3) is 2.90. The number of benzene rings is 1. The van der Waals surface area contributed by atoms with Crippen molar-refractivity contribution in [1.29, 1.82) is 0 Å². The van der Waals surface area contributed by atoms with Crippen LogP contribution in [0.15, 0.2) is 30.5 Å². The first kappa shape index (κ1) is 14.7. The van der Waals surface area contributed by atoms with Crippen molar-refractivity contribution in [3.8, 4) is 0 Å². The van der Waals surface area contributed by atoms with Gasteiger partial charge in [0.05, 0.1) is 28.0 Å². The fraction of sp³-hybridized carbons (Fsp3) is 0.308. The van der Waals surface area contributed by atoms with E-state index in [1.165, 1.54) is 12.1 Å². The molecular formula is C13H13ClF3N3. The molecule has 1 N–H and O–H groups in total. The number of aromatic nitrogens is 2. The van der Waals surface area contributed by atoms with Crippen LogP contribution in [0.4, 0.5) is 18.9 Å². The molecule has 2 aromatic rings. The standard InChI is InChI=1S/C13H13ClF3N3/c1-8(11-6-7-18-20(11)2)19-12-9(13(15,16)17)4-3-5-10(12)14/h3-8,19H,1-2H3. The number of para-hydroxylation sites is 1. The summed E-state index contributed by atoms with van der Waals surface area (Å²) in [6, 6.07) is 5.09. The van der Waals surface area contributed by atoms with Crippen molar-refractivity contribution in [2.75, 3.05) is 5.32 Å². The van der Waals surface area contributed by atoms with Crippen LogP contribution in [0.3, 0.4) is 0 Å². The van der Waals surface area contributed by atoms with E-state index in [1.807, 2.05) is 0 Å². The quantitative estimate of drug-likeness (QED) is 0.918. The van der Waals surface area contributed by atoms with E-state index in [-0.39, 0.29) is 16.8 Å². The zero-order valence-electron chi connectivity index (χ0n) is 10.9. The van der Waals surface area contributed by atoms with Gasteiger partial charge in [0.2, 0.25) is 0 Å². The van der Waals surface area contributed by atoms with E-state index >= 15 is 0 Å². The zero-order chi connectivity index (χ0) is 14.9. The topological polar surface area (TPSA) is 29.9 Å². The van der Waals surface area contributed by atoms with Gasteiger partial charge < -0.3 is 5.32 Å². The molecule has 0 aliphatic heterocycles. The predicted octanol–water partition coefficient (Wildman–Crippen LogP) is 4.27. The minimum Gasteiger partial charge on any atom is -0.375 e. The number of anilines is 1. The molecule has 2 rings (SSSR count). The molecule has 20 heavy (non-hydrogen) atoms. The van der Waals surface area contributed by atoms with Gasteiger partial charge in [-0.1, -0.05) is 17.7 Å². The maximum Gasteiger partial charge on any atom is 0.418 e. The molecule has 0 spiro atoms. The summed E-state index contributed by atoms with van der Waals surface area (Å²) in [5.41, 5.74) is -0.132. The van der Waals surface area contributed by atoms with Crippen molar-refractivity contribution < 1.29 is 13.2 Å². The number of nitrogens with zero attached hydrogens (tertiary/aromatic N) is 2. The Hall–Kier alpha value is -1.69. The van der Waals surface area contributed by atoms with Gasteiger partial charge in [0.15, 0.2) is 0 Å². The number of aryl methyl sites for hydroxylation is 1. The second kappa shape index (κ2) is 5.36.